The number of rotatable bonds is 3. The number of carbonyl (C=O) groups is 1. The molecule has 1 amide bonds. The summed E-state index contributed by atoms with van der Waals surface area (Å²) < 4.78 is 0.419. The molecule has 0 aromatic heterocycles. The van der Waals surface area contributed by atoms with Crippen molar-refractivity contribution in [3.8, 4) is 0 Å². The summed E-state index contributed by atoms with van der Waals surface area (Å²) in [5.41, 5.74) is 0.356. The van der Waals surface area contributed by atoms with E-state index in [0.717, 1.165) is 12.8 Å². The van der Waals surface area contributed by atoms with Crippen LogP contribution in [0.25, 0.3) is 0 Å². The Hall–Kier alpha value is -1.47. The third kappa shape index (κ3) is 3.16. The van der Waals surface area contributed by atoms with Crippen molar-refractivity contribution in [3.05, 3.63) is 38.3 Å². The van der Waals surface area contributed by atoms with E-state index in [1.807, 2.05) is 0 Å². The SMILES string of the molecule is O=C(c1ccc([N+](=O)[O-])cc1Br)N1CCCC(CO)C1. The van der Waals surface area contributed by atoms with Crippen molar-refractivity contribution in [2.45, 2.75) is 12.8 Å². The molecule has 7 heteroatoms. The molecule has 1 N–H and O–H groups in total. The van der Waals surface area contributed by atoms with Gasteiger partial charge in [-0.05, 0) is 40.8 Å². The number of likely N-dealkylation sites (tertiary alicyclic amines) is 1. The Morgan fingerprint density at radius 3 is 2.90 bits per heavy atom. The second kappa shape index (κ2) is 6.32. The molecule has 0 bridgehead atoms. The smallest absolute Gasteiger partial charge is 0.270 e. The van der Waals surface area contributed by atoms with Crippen molar-refractivity contribution >= 4 is 27.5 Å². The maximum Gasteiger partial charge on any atom is 0.270 e. The molecule has 1 heterocycles. The Kier molecular flexibility index (Phi) is 4.72. The molecule has 20 heavy (non-hydrogen) atoms. The second-order valence-corrected chi connectivity index (χ2v) is 5.72. The molecule has 6 nitrogen and oxygen atoms in total. The first-order chi connectivity index (χ1) is 9.52. The van der Waals surface area contributed by atoms with E-state index in [1.165, 1.54) is 18.2 Å². The number of aliphatic hydroxyl groups excluding tert-OH is 1. The first kappa shape index (κ1) is 14.9. The van der Waals surface area contributed by atoms with Gasteiger partial charge in [-0.15, -0.1) is 0 Å². The first-order valence-electron chi connectivity index (χ1n) is 6.37. The Balaban J connectivity index is 2.18. The number of amides is 1. The fourth-order valence-electron chi connectivity index (χ4n) is 2.36. The van der Waals surface area contributed by atoms with Gasteiger partial charge in [-0.3, -0.25) is 14.9 Å². The van der Waals surface area contributed by atoms with Gasteiger partial charge in [-0.2, -0.15) is 0 Å². The quantitative estimate of drug-likeness (QED) is 0.674. The van der Waals surface area contributed by atoms with Crippen LogP contribution in [0.1, 0.15) is 23.2 Å². The van der Waals surface area contributed by atoms with Crippen molar-refractivity contribution in [3.63, 3.8) is 0 Å². The number of hydrogen-bond acceptors (Lipinski definition) is 4. The highest BCUT2D eigenvalue weighted by molar-refractivity contribution is 9.10. The van der Waals surface area contributed by atoms with Crippen LogP contribution in [0, 0.1) is 16.0 Å². The van der Waals surface area contributed by atoms with E-state index >= 15 is 0 Å². The molecule has 0 saturated carbocycles. The van der Waals surface area contributed by atoms with Gasteiger partial charge in [-0.25, -0.2) is 0 Å². The Morgan fingerprint density at radius 2 is 2.30 bits per heavy atom. The zero-order valence-corrected chi connectivity index (χ0v) is 12.4. The lowest BCUT2D eigenvalue weighted by Gasteiger charge is -2.32. The highest BCUT2D eigenvalue weighted by Crippen LogP contribution is 2.26. The average molecular weight is 343 g/mol. The molecule has 0 spiro atoms. The van der Waals surface area contributed by atoms with Crippen LogP contribution in [-0.4, -0.2) is 40.5 Å². The van der Waals surface area contributed by atoms with E-state index in [-0.39, 0.29) is 24.1 Å². The summed E-state index contributed by atoms with van der Waals surface area (Å²) in [5, 5.41) is 19.9. The van der Waals surface area contributed by atoms with Crippen molar-refractivity contribution in [1.29, 1.82) is 0 Å². The minimum atomic E-state index is -0.498. The van der Waals surface area contributed by atoms with Gasteiger partial charge < -0.3 is 10.0 Å². The normalized spacial score (nSPS) is 18.9. The van der Waals surface area contributed by atoms with Crippen LogP contribution in [0.5, 0.6) is 0 Å². The first-order valence-corrected chi connectivity index (χ1v) is 7.16. The molecule has 1 fully saturated rings. The summed E-state index contributed by atoms with van der Waals surface area (Å²) in [6, 6.07) is 4.12. The molecule has 1 saturated heterocycles. The maximum absolute atomic E-state index is 12.4. The third-order valence-corrected chi connectivity index (χ3v) is 4.11. The topological polar surface area (TPSA) is 83.7 Å². The number of nitrogens with zero attached hydrogens (tertiary/aromatic N) is 2. The van der Waals surface area contributed by atoms with Gasteiger partial charge in [0.05, 0.1) is 10.5 Å². The molecule has 1 aliphatic rings. The van der Waals surface area contributed by atoms with Crippen molar-refractivity contribution in [2.24, 2.45) is 5.92 Å². The largest absolute Gasteiger partial charge is 0.396 e. The van der Waals surface area contributed by atoms with Crippen LogP contribution < -0.4 is 0 Å². The molecule has 1 aromatic rings. The molecule has 0 aliphatic carbocycles. The van der Waals surface area contributed by atoms with Gasteiger partial charge >= 0.3 is 0 Å². The summed E-state index contributed by atoms with van der Waals surface area (Å²) >= 11 is 3.21. The van der Waals surface area contributed by atoms with Gasteiger partial charge in [0.1, 0.15) is 0 Å². The molecule has 1 aliphatic heterocycles. The predicted molar refractivity (Wildman–Crippen MR) is 76.5 cm³/mol. The number of piperidine rings is 1. The fraction of sp³-hybridized carbons (Fsp3) is 0.462. The molecule has 1 aromatic carbocycles. The lowest BCUT2D eigenvalue weighted by atomic mass is 9.98. The minimum absolute atomic E-state index is 0.0553. The van der Waals surface area contributed by atoms with Crippen LogP contribution in [-0.2, 0) is 0 Å². The predicted octanol–water partition coefficient (Wildman–Crippen LogP) is 2.20. The number of halogens is 1. The lowest BCUT2D eigenvalue weighted by molar-refractivity contribution is -0.384. The lowest BCUT2D eigenvalue weighted by Crippen LogP contribution is -2.41. The number of nitro groups is 1. The highest BCUT2D eigenvalue weighted by Gasteiger charge is 2.25. The van der Waals surface area contributed by atoms with Crippen LogP contribution >= 0.6 is 15.9 Å². The summed E-state index contributed by atoms with van der Waals surface area (Å²) in [7, 11) is 0. The zero-order chi connectivity index (χ0) is 14.7. The minimum Gasteiger partial charge on any atom is -0.396 e. The van der Waals surface area contributed by atoms with E-state index in [0.29, 0.717) is 23.1 Å². The van der Waals surface area contributed by atoms with Gasteiger partial charge in [0.15, 0.2) is 0 Å². The maximum atomic E-state index is 12.4. The number of carbonyl (C=O) groups excluding carboxylic acids is 1. The Bertz CT molecular complexity index is 535. The molecule has 108 valence electrons. The molecule has 1 unspecified atom stereocenters. The van der Waals surface area contributed by atoms with Crippen LogP contribution in [0.3, 0.4) is 0 Å². The Morgan fingerprint density at radius 1 is 1.55 bits per heavy atom. The van der Waals surface area contributed by atoms with E-state index in [9.17, 15) is 20.0 Å². The van der Waals surface area contributed by atoms with E-state index in [4.69, 9.17) is 0 Å². The van der Waals surface area contributed by atoms with Crippen LogP contribution in [0.15, 0.2) is 22.7 Å². The van der Waals surface area contributed by atoms with E-state index in [1.54, 1.807) is 4.90 Å². The van der Waals surface area contributed by atoms with Crippen molar-refractivity contribution in [1.82, 2.24) is 4.90 Å². The number of aliphatic hydroxyl groups is 1. The third-order valence-electron chi connectivity index (χ3n) is 3.46. The van der Waals surface area contributed by atoms with Crippen molar-refractivity contribution < 1.29 is 14.8 Å². The van der Waals surface area contributed by atoms with E-state index in [2.05, 4.69) is 15.9 Å². The molecule has 2 rings (SSSR count). The zero-order valence-electron chi connectivity index (χ0n) is 10.8. The van der Waals surface area contributed by atoms with E-state index < -0.39 is 4.92 Å². The molecule has 1 atom stereocenters. The number of benzene rings is 1. The van der Waals surface area contributed by atoms with Gasteiger partial charge in [0.2, 0.25) is 0 Å². The summed E-state index contributed by atoms with van der Waals surface area (Å²) in [4.78, 5) is 24.3. The standard InChI is InChI=1S/C13H15BrN2O4/c14-12-6-10(16(19)20)3-4-11(12)13(18)15-5-1-2-9(7-15)8-17/h3-4,6,9,17H,1-2,5,7-8H2. The van der Waals surface area contributed by atoms with Gasteiger partial charge in [0.25, 0.3) is 11.6 Å². The highest BCUT2D eigenvalue weighted by atomic mass is 79.9. The van der Waals surface area contributed by atoms with Crippen molar-refractivity contribution in [2.75, 3.05) is 19.7 Å². The molecular formula is C13H15BrN2O4. The fourth-order valence-corrected chi connectivity index (χ4v) is 2.90. The van der Waals surface area contributed by atoms with Crippen LogP contribution in [0.2, 0.25) is 0 Å². The molecule has 0 radical (unpaired) electrons. The average Bonchev–Trinajstić information content (AvgIpc) is 2.46. The summed E-state index contributed by atoms with van der Waals surface area (Å²) in [6.07, 6.45) is 1.78. The van der Waals surface area contributed by atoms with Gasteiger partial charge in [0, 0.05) is 36.3 Å². The Labute approximate surface area is 124 Å². The number of non-ortho nitro benzene ring substituents is 1. The van der Waals surface area contributed by atoms with Crippen LogP contribution in [0.4, 0.5) is 5.69 Å². The number of hydrogen-bond donors (Lipinski definition) is 1. The monoisotopic (exact) mass is 342 g/mol. The second-order valence-electron chi connectivity index (χ2n) is 4.86. The summed E-state index contributed by atoms with van der Waals surface area (Å²) in [5.74, 6) is -0.0468. The number of nitro benzene ring substituents is 1. The van der Waals surface area contributed by atoms with Gasteiger partial charge in [-0.1, -0.05) is 0 Å². The summed E-state index contributed by atoms with van der Waals surface area (Å²) in [6.45, 7) is 1.25. The molecular weight excluding hydrogens is 328 g/mol.